The first-order valence-electron chi connectivity index (χ1n) is 7.20. The summed E-state index contributed by atoms with van der Waals surface area (Å²) in [6, 6.07) is 0.396. The van der Waals surface area contributed by atoms with Crippen LogP contribution in [-0.2, 0) is 18.3 Å². The molecule has 2 rings (SSSR count). The zero-order valence-electron chi connectivity index (χ0n) is 13.1. The molecule has 2 aromatic rings. The Morgan fingerprint density at radius 1 is 1.52 bits per heavy atom. The molecule has 1 N–H and O–H groups in total. The molecule has 116 valence electrons. The van der Waals surface area contributed by atoms with E-state index in [1.807, 2.05) is 0 Å². The van der Waals surface area contributed by atoms with E-state index in [4.69, 9.17) is 4.74 Å². The molecule has 2 heterocycles. The standard InChI is InChI=1S/C14H23N5O2/c1-5-10(2)19(6-7-21-4)9-12-16-13-11(14(20)17-12)8-15-18(13)3/h8,10H,5-7,9H2,1-4H3,(H,16,17,20)/t10-/m1/s1. The summed E-state index contributed by atoms with van der Waals surface area (Å²) in [5.41, 5.74) is 0.475. The van der Waals surface area contributed by atoms with Gasteiger partial charge in [0.1, 0.15) is 11.2 Å². The van der Waals surface area contributed by atoms with Crippen LogP contribution in [0.15, 0.2) is 11.0 Å². The summed E-state index contributed by atoms with van der Waals surface area (Å²) < 4.78 is 6.78. The van der Waals surface area contributed by atoms with E-state index in [1.54, 1.807) is 25.0 Å². The number of fused-ring (bicyclic) bond motifs is 1. The highest BCUT2D eigenvalue weighted by atomic mass is 16.5. The summed E-state index contributed by atoms with van der Waals surface area (Å²) in [4.78, 5) is 21.7. The number of hydrogen-bond acceptors (Lipinski definition) is 5. The molecule has 0 aliphatic rings. The number of ether oxygens (including phenoxy) is 1. The number of H-pyrrole nitrogens is 1. The second kappa shape index (κ2) is 6.82. The minimum absolute atomic E-state index is 0.140. The van der Waals surface area contributed by atoms with Crippen LogP contribution in [0.4, 0.5) is 0 Å². The molecule has 0 aliphatic heterocycles. The molecule has 0 amide bonds. The molecule has 0 aliphatic carbocycles. The summed E-state index contributed by atoms with van der Waals surface area (Å²) in [6.07, 6.45) is 2.57. The maximum Gasteiger partial charge on any atom is 0.262 e. The molecule has 0 aromatic carbocycles. The largest absolute Gasteiger partial charge is 0.383 e. The smallest absolute Gasteiger partial charge is 0.262 e. The van der Waals surface area contributed by atoms with E-state index in [0.29, 0.717) is 36.1 Å². The van der Waals surface area contributed by atoms with Crippen LogP contribution in [0.1, 0.15) is 26.1 Å². The van der Waals surface area contributed by atoms with Gasteiger partial charge in [-0.3, -0.25) is 14.4 Å². The van der Waals surface area contributed by atoms with E-state index in [9.17, 15) is 4.79 Å². The van der Waals surface area contributed by atoms with E-state index < -0.39 is 0 Å². The van der Waals surface area contributed by atoms with Crippen molar-refractivity contribution in [2.75, 3.05) is 20.3 Å². The Morgan fingerprint density at radius 3 is 2.95 bits per heavy atom. The Morgan fingerprint density at radius 2 is 2.29 bits per heavy atom. The maximum absolute atomic E-state index is 12.1. The van der Waals surface area contributed by atoms with Crippen molar-refractivity contribution in [3.63, 3.8) is 0 Å². The van der Waals surface area contributed by atoms with Crippen molar-refractivity contribution < 1.29 is 4.74 Å². The van der Waals surface area contributed by atoms with Crippen molar-refractivity contribution in [3.8, 4) is 0 Å². The number of aryl methyl sites for hydroxylation is 1. The van der Waals surface area contributed by atoms with Gasteiger partial charge in [0.05, 0.1) is 19.3 Å². The molecule has 7 nitrogen and oxygen atoms in total. The highest BCUT2D eigenvalue weighted by Crippen LogP contribution is 2.09. The molecule has 0 unspecified atom stereocenters. The predicted molar refractivity (Wildman–Crippen MR) is 81.2 cm³/mol. The van der Waals surface area contributed by atoms with Crippen molar-refractivity contribution in [2.24, 2.45) is 7.05 Å². The van der Waals surface area contributed by atoms with Gasteiger partial charge in [-0.25, -0.2) is 4.98 Å². The lowest BCUT2D eigenvalue weighted by Crippen LogP contribution is -2.36. The van der Waals surface area contributed by atoms with Gasteiger partial charge in [0.15, 0.2) is 5.65 Å². The normalized spacial score (nSPS) is 13.2. The summed E-state index contributed by atoms with van der Waals surface area (Å²) >= 11 is 0. The molecule has 7 heteroatoms. The lowest BCUT2D eigenvalue weighted by molar-refractivity contribution is 0.116. The first kappa shape index (κ1) is 15.7. The lowest BCUT2D eigenvalue weighted by Gasteiger charge is -2.27. The molecule has 1 atom stereocenters. The fraction of sp³-hybridized carbons (Fsp3) is 0.643. The lowest BCUT2D eigenvalue weighted by atomic mass is 10.2. The molecule has 0 fully saturated rings. The Bertz CT molecular complexity index is 648. The summed E-state index contributed by atoms with van der Waals surface area (Å²) in [5.74, 6) is 0.660. The summed E-state index contributed by atoms with van der Waals surface area (Å²) in [6.45, 7) is 6.36. The third kappa shape index (κ3) is 3.48. The van der Waals surface area contributed by atoms with E-state index >= 15 is 0 Å². The Labute approximate surface area is 123 Å². The highest BCUT2D eigenvalue weighted by molar-refractivity contribution is 5.72. The zero-order chi connectivity index (χ0) is 15.4. The first-order chi connectivity index (χ1) is 10.1. The van der Waals surface area contributed by atoms with Crippen molar-refractivity contribution >= 4 is 11.0 Å². The average molecular weight is 293 g/mol. The Balaban J connectivity index is 2.27. The second-order valence-corrected chi connectivity index (χ2v) is 5.24. The van der Waals surface area contributed by atoms with Crippen molar-refractivity contribution in [1.29, 1.82) is 0 Å². The molecule has 0 saturated heterocycles. The molecular weight excluding hydrogens is 270 g/mol. The highest BCUT2D eigenvalue weighted by Gasteiger charge is 2.15. The van der Waals surface area contributed by atoms with Crippen LogP contribution >= 0.6 is 0 Å². The number of aromatic nitrogens is 4. The monoisotopic (exact) mass is 293 g/mol. The van der Waals surface area contributed by atoms with E-state index in [1.165, 1.54) is 0 Å². The number of rotatable bonds is 7. The fourth-order valence-corrected chi connectivity index (χ4v) is 2.27. The minimum Gasteiger partial charge on any atom is -0.383 e. The van der Waals surface area contributed by atoms with Gasteiger partial charge < -0.3 is 9.72 Å². The van der Waals surface area contributed by atoms with Gasteiger partial charge in [0.2, 0.25) is 0 Å². The Kier molecular flexibility index (Phi) is 5.08. The number of aromatic amines is 1. The Hall–Kier alpha value is -1.73. The predicted octanol–water partition coefficient (Wildman–Crippen LogP) is 0.903. The molecule has 21 heavy (non-hydrogen) atoms. The third-order valence-corrected chi connectivity index (χ3v) is 3.80. The van der Waals surface area contributed by atoms with Crippen LogP contribution in [-0.4, -0.2) is 51.0 Å². The van der Waals surface area contributed by atoms with E-state index in [2.05, 4.69) is 33.8 Å². The number of methoxy groups -OCH3 is 1. The van der Waals surface area contributed by atoms with Crippen LogP contribution in [0.5, 0.6) is 0 Å². The van der Waals surface area contributed by atoms with Gasteiger partial charge in [-0.2, -0.15) is 5.10 Å². The maximum atomic E-state index is 12.1. The molecule has 0 radical (unpaired) electrons. The van der Waals surface area contributed by atoms with Crippen LogP contribution in [0.2, 0.25) is 0 Å². The minimum atomic E-state index is -0.140. The third-order valence-electron chi connectivity index (χ3n) is 3.80. The number of nitrogens with zero attached hydrogens (tertiary/aromatic N) is 4. The van der Waals surface area contributed by atoms with Gasteiger partial charge in [-0.05, 0) is 13.3 Å². The molecule has 0 saturated carbocycles. The molecule has 0 spiro atoms. The van der Waals surface area contributed by atoms with Gasteiger partial charge in [-0.15, -0.1) is 0 Å². The average Bonchev–Trinajstić information content (AvgIpc) is 2.85. The van der Waals surface area contributed by atoms with Crippen LogP contribution in [0.3, 0.4) is 0 Å². The molecule has 0 bridgehead atoms. The number of hydrogen-bond donors (Lipinski definition) is 1. The van der Waals surface area contributed by atoms with Crippen molar-refractivity contribution in [1.82, 2.24) is 24.6 Å². The summed E-state index contributed by atoms with van der Waals surface area (Å²) in [7, 11) is 3.48. The second-order valence-electron chi connectivity index (χ2n) is 5.24. The van der Waals surface area contributed by atoms with Gasteiger partial charge in [0.25, 0.3) is 5.56 Å². The zero-order valence-corrected chi connectivity index (χ0v) is 13.1. The van der Waals surface area contributed by atoms with Crippen molar-refractivity contribution in [3.05, 3.63) is 22.4 Å². The molecule has 2 aromatic heterocycles. The van der Waals surface area contributed by atoms with Crippen LogP contribution < -0.4 is 5.56 Å². The van der Waals surface area contributed by atoms with Gasteiger partial charge in [-0.1, -0.05) is 6.92 Å². The topological polar surface area (TPSA) is 76.0 Å². The molecular formula is C14H23N5O2. The van der Waals surface area contributed by atoms with E-state index in [0.717, 1.165) is 13.0 Å². The van der Waals surface area contributed by atoms with Crippen LogP contribution in [0, 0.1) is 0 Å². The summed E-state index contributed by atoms with van der Waals surface area (Å²) in [5, 5.41) is 4.60. The number of nitrogens with one attached hydrogen (secondary N) is 1. The van der Waals surface area contributed by atoms with E-state index in [-0.39, 0.29) is 5.56 Å². The van der Waals surface area contributed by atoms with Gasteiger partial charge in [0, 0.05) is 26.7 Å². The fourth-order valence-electron chi connectivity index (χ4n) is 2.27. The van der Waals surface area contributed by atoms with Crippen LogP contribution in [0.25, 0.3) is 11.0 Å². The SMILES string of the molecule is CC[C@@H](C)N(CCOC)Cc1nc2c(cnn2C)c(=O)[nH]1. The quantitative estimate of drug-likeness (QED) is 0.821. The van der Waals surface area contributed by atoms with Gasteiger partial charge >= 0.3 is 0 Å². The first-order valence-corrected chi connectivity index (χ1v) is 7.20. The van der Waals surface area contributed by atoms with Crippen molar-refractivity contribution in [2.45, 2.75) is 32.9 Å².